The molecule has 0 atom stereocenters. The van der Waals surface area contributed by atoms with Gasteiger partial charge >= 0.3 is 0 Å². The summed E-state index contributed by atoms with van der Waals surface area (Å²) in [5.74, 6) is 8.10. The average Bonchev–Trinajstić information content (AvgIpc) is 3.01. The lowest BCUT2D eigenvalue weighted by Gasteiger charge is -2.17. The number of hydrogen-bond acceptors (Lipinski definition) is 4. The lowest BCUT2D eigenvalue weighted by Crippen LogP contribution is -2.25. The van der Waals surface area contributed by atoms with E-state index in [1.807, 2.05) is 43.3 Å². The first-order chi connectivity index (χ1) is 14.0. The van der Waals surface area contributed by atoms with Crippen molar-refractivity contribution in [2.75, 3.05) is 19.8 Å². The molecule has 3 rings (SSSR count). The fraction of sp³-hybridized carbons (Fsp3) is 0.375. The van der Waals surface area contributed by atoms with E-state index in [-0.39, 0.29) is 24.7 Å². The summed E-state index contributed by atoms with van der Waals surface area (Å²) >= 11 is 0. The van der Waals surface area contributed by atoms with Crippen molar-refractivity contribution < 1.29 is 19.0 Å². The first kappa shape index (κ1) is 20.6. The number of carbonyl (C=O) groups excluding carboxylic acids is 1. The molecule has 0 radical (unpaired) electrons. The Kier molecular flexibility index (Phi) is 6.66. The van der Waals surface area contributed by atoms with Gasteiger partial charge in [-0.2, -0.15) is 0 Å². The van der Waals surface area contributed by atoms with Gasteiger partial charge in [0.25, 0.3) is 0 Å². The van der Waals surface area contributed by atoms with Crippen LogP contribution in [0.15, 0.2) is 42.5 Å². The minimum absolute atomic E-state index is 0.0686. The van der Waals surface area contributed by atoms with Crippen LogP contribution in [0.2, 0.25) is 0 Å². The fourth-order valence-corrected chi connectivity index (χ4v) is 3.19. The van der Waals surface area contributed by atoms with Crippen molar-refractivity contribution >= 4 is 5.91 Å². The largest absolute Gasteiger partial charge is 0.494 e. The van der Waals surface area contributed by atoms with Crippen molar-refractivity contribution in [3.8, 4) is 29.1 Å². The van der Waals surface area contributed by atoms with Crippen LogP contribution < -0.4 is 19.5 Å². The van der Waals surface area contributed by atoms with Gasteiger partial charge < -0.3 is 19.5 Å². The number of fused-ring (bicyclic) bond motifs is 1. The Morgan fingerprint density at radius 1 is 1.14 bits per heavy atom. The zero-order valence-electron chi connectivity index (χ0n) is 17.2. The first-order valence-electron chi connectivity index (χ1n) is 9.85. The Hall–Kier alpha value is -3.13. The molecule has 0 aliphatic carbocycles. The highest BCUT2D eigenvalue weighted by Crippen LogP contribution is 2.41. The van der Waals surface area contributed by atoms with Gasteiger partial charge in [0.05, 0.1) is 19.6 Å². The predicted molar refractivity (Wildman–Crippen MR) is 112 cm³/mol. The Morgan fingerprint density at radius 3 is 2.69 bits per heavy atom. The Balaban J connectivity index is 1.40. The second kappa shape index (κ2) is 9.38. The highest BCUT2D eigenvalue weighted by molar-refractivity contribution is 5.78. The van der Waals surface area contributed by atoms with Crippen LogP contribution in [0.25, 0.3) is 0 Å². The molecule has 2 aromatic carbocycles. The Morgan fingerprint density at radius 2 is 1.93 bits per heavy atom. The normalized spacial score (nSPS) is 13.5. The van der Waals surface area contributed by atoms with Gasteiger partial charge in [-0.05, 0) is 44.5 Å². The van der Waals surface area contributed by atoms with Crippen molar-refractivity contribution in [1.29, 1.82) is 0 Å². The molecular weight excluding hydrogens is 366 g/mol. The van der Waals surface area contributed by atoms with Crippen LogP contribution in [0.5, 0.6) is 17.2 Å². The van der Waals surface area contributed by atoms with Crippen molar-refractivity contribution in [3.05, 3.63) is 53.6 Å². The van der Waals surface area contributed by atoms with Crippen LogP contribution in [-0.4, -0.2) is 31.3 Å². The second-order valence-electron chi connectivity index (χ2n) is 7.46. The standard InChI is InChI=1S/C24H27NO4/c1-4-27-20-12-10-18(11-13-20)16-22(26)25-14-5-6-15-28-21-9-7-8-19-17-24(2,3)29-23(19)21/h7-13H,4,14-17H2,1-3H3,(H,25,26). The number of rotatable bonds is 7. The molecule has 0 spiro atoms. The zero-order chi connectivity index (χ0) is 20.7. The second-order valence-corrected chi connectivity index (χ2v) is 7.46. The van der Waals surface area contributed by atoms with Crippen LogP contribution in [0.4, 0.5) is 0 Å². The molecule has 5 heteroatoms. The summed E-state index contributed by atoms with van der Waals surface area (Å²) in [7, 11) is 0. The molecule has 1 heterocycles. The minimum Gasteiger partial charge on any atom is -0.494 e. The monoisotopic (exact) mass is 393 g/mol. The van der Waals surface area contributed by atoms with Crippen LogP contribution in [0.3, 0.4) is 0 Å². The maximum Gasteiger partial charge on any atom is 0.225 e. The highest BCUT2D eigenvalue weighted by atomic mass is 16.5. The summed E-state index contributed by atoms with van der Waals surface area (Å²) in [5, 5.41) is 2.80. The summed E-state index contributed by atoms with van der Waals surface area (Å²) in [6.07, 6.45) is 1.18. The van der Waals surface area contributed by atoms with E-state index < -0.39 is 0 Å². The predicted octanol–water partition coefficient (Wildman–Crippen LogP) is 3.54. The fourth-order valence-electron chi connectivity index (χ4n) is 3.19. The summed E-state index contributed by atoms with van der Waals surface area (Å²) < 4.78 is 17.1. The number of carbonyl (C=O) groups is 1. The molecule has 0 bridgehead atoms. The van der Waals surface area contributed by atoms with E-state index in [0.717, 1.165) is 29.0 Å². The van der Waals surface area contributed by atoms with Gasteiger partial charge in [0.15, 0.2) is 11.5 Å². The number of hydrogen-bond donors (Lipinski definition) is 1. The Bertz CT molecular complexity index is 907. The van der Waals surface area contributed by atoms with Crippen LogP contribution in [-0.2, 0) is 17.6 Å². The first-order valence-corrected chi connectivity index (χ1v) is 9.85. The molecule has 1 aliphatic rings. The van der Waals surface area contributed by atoms with Crippen molar-refractivity contribution in [3.63, 3.8) is 0 Å². The molecule has 1 amide bonds. The molecule has 2 aromatic rings. The number of para-hydroxylation sites is 1. The van der Waals surface area contributed by atoms with Crippen molar-refractivity contribution in [1.82, 2.24) is 5.32 Å². The van der Waals surface area contributed by atoms with Crippen molar-refractivity contribution in [2.24, 2.45) is 0 Å². The van der Waals surface area contributed by atoms with Gasteiger partial charge in [0.1, 0.15) is 18.0 Å². The van der Waals surface area contributed by atoms with Gasteiger partial charge in [0.2, 0.25) is 5.91 Å². The van der Waals surface area contributed by atoms with E-state index in [1.54, 1.807) is 0 Å². The average molecular weight is 393 g/mol. The topological polar surface area (TPSA) is 56.8 Å². The zero-order valence-corrected chi connectivity index (χ0v) is 17.2. The van der Waals surface area contributed by atoms with Gasteiger partial charge in [-0.3, -0.25) is 4.79 Å². The lowest BCUT2D eigenvalue weighted by atomic mass is 10.0. The molecule has 1 N–H and O–H groups in total. The van der Waals surface area contributed by atoms with Gasteiger partial charge in [-0.25, -0.2) is 0 Å². The van der Waals surface area contributed by atoms with E-state index in [1.165, 1.54) is 0 Å². The molecule has 0 saturated heterocycles. The summed E-state index contributed by atoms with van der Waals surface area (Å²) in [6.45, 7) is 7.22. The summed E-state index contributed by atoms with van der Waals surface area (Å²) in [4.78, 5) is 12.0. The minimum atomic E-state index is -0.207. The molecule has 29 heavy (non-hydrogen) atoms. The molecule has 0 aromatic heterocycles. The number of benzene rings is 2. The van der Waals surface area contributed by atoms with Crippen LogP contribution in [0, 0.1) is 11.8 Å². The van der Waals surface area contributed by atoms with E-state index in [4.69, 9.17) is 14.2 Å². The summed E-state index contributed by atoms with van der Waals surface area (Å²) in [5.41, 5.74) is 1.88. The van der Waals surface area contributed by atoms with E-state index >= 15 is 0 Å². The van der Waals surface area contributed by atoms with Gasteiger partial charge in [-0.1, -0.05) is 36.1 Å². The molecule has 0 saturated carbocycles. The van der Waals surface area contributed by atoms with Crippen LogP contribution >= 0.6 is 0 Å². The maximum absolute atomic E-state index is 12.0. The number of nitrogens with one attached hydrogen (secondary N) is 1. The molecule has 0 fully saturated rings. The van der Waals surface area contributed by atoms with Crippen molar-refractivity contribution in [2.45, 2.75) is 39.2 Å². The van der Waals surface area contributed by atoms with Crippen LogP contribution in [0.1, 0.15) is 31.9 Å². The third-order valence-corrected chi connectivity index (χ3v) is 4.45. The lowest BCUT2D eigenvalue weighted by molar-refractivity contribution is -0.120. The number of amides is 1. The quantitative estimate of drug-likeness (QED) is 0.731. The van der Waals surface area contributed by atoms with E-state index in [0.29, 0.717) is 18.8 Å². The molecule has 0 unspecified atom stereocenters. The summed E-state index contributed by atoms with van der Waals surface area (Å²) in [6, 6.07) is 13.4. The van der Waals surface area contributed by atoms with E-state index in [2.05, 4.69) is 37.1 Å². The van der Waals surface area contributed by atoms with Gasteiger partial charge in [0, 0.05) is 12.0 Å². The smallest absolute Gasteiger partial charge is 0.225 e. The third-order valence-electron chi connectivity index (χ3n) is 4.45. The molecule has 1 aliphatic heterocycles. The molecule has 5 nitrogen and oxygen atoms in total. The SMILES string of the molecule is CCOc1ccc(CC(=O)NCC#CCOc2cccc3c2OC(C)(C)C3)cc1. The maximum atomic E-state index is 12.0. The Labute approximate surface area is 172 Å². The third kappa shape index (κ3) is 5.92. The molecule has 152 valence electrons. The number of ether oxygens (including phenoxy) is 3. The molecular formula is C24H27NO4. The van der Waals surface area contributed by atoms with E-state index in [9.17, 15) is 4.79 Å². The van der Waals surface area contributed by atoms with Gasteiger partial charge in [-0.15, -0.1) is 0 Å². The highest BCUT2D eigenvalue weighted by Gasteiger charge is 2.32.